The number of rotatable bonds is 4. The Morgan fingerprint density at radius 3 is 3.06 bits per heavy atom. The summed E-state index contributed by atoms with van der Waals surface area (Å²) in [6.45, 7) is 5.01. The van der Waals surface area contributed by atoms with Crippen LogP contribution in [-0.4, -0.2) is 21.8 Å². The van der Waals surface area contributed by atoms with E-state index in [9.17, 15) is 4.79 Å². The number of amides is 1. The van der Waals surface area contributed by atoms with E-state index in [1.807, 2.05) is 16.7 Å². The first-order valence-corrected chi connectivity index (χ1v) is 5.88. The van der Waals surface area contributed by atoms with Crippen molar-refractivity contribution in [1.29, 1.82) is 0 Å². The number of carbonyl (C=O) groups is 1. The summed E-state index contributed by atoms with van der Waals surface area (Å²) in [6.07, 6.45) is 6.35. The van der Waals surface area contributed by atoms with Gasteiger partial charge >= 0.3 is 0 Å². The largest absolute Gasteiger partial charge is 0.352 e. The van der Waals surface area contributed by atoms with Crippen LogP contribution in [0.2, 0.25) is 0 Å². The number of carbonyl (C=O) groups excluding carboxylic acids is 1. The van der Waals surface area contributed by atoms with Crippen LogP contribution in [0.4, 0.5) is 0 Å². The van der Waals surface area contributed by atoms with E-state index in [4.69, 9.17) is 0 Å². The van der Waals surface area contributed by atoms with Crippen LogP contribution < -0.4 is 5.32 Å². The van der Waals surface area contributed by atoms with Crippen molar-refractivity contribution in [2.24, 2.45) is 5.92 Å². The van der Waals surface area contributed by atoms with E-state index in [0.717, 1.165) is 18.6 Å². The fourth-order valence-electron chi connectivity index (χ4n) is 1.63. The van der Waals surface area contributed by atoms with Gasteiger partial charge in [0.05, 0.1) is 5.56 Å². The van der Waals surface area contributed by atoms with Crippen LogP contribution in [-0.2, 0) is 0 Å². The van der Waals surface area contributed by atoms with Gasteiger partial charge in [-0.2, -0.15) is 0 Å². The van der Waals surface area contributed by atoms with Crippen LogP contribution in [0.15, 0.2) is 30.7 Å². The fourth-order valence-corrected chi connectivity index (χ4v) is 1.63. The lowest BCUT2D eigenvalue weighted by Gasteiger charge is -2.07. The van der Waals surface area contributed by atoms with Gasteiger partial charge in [-0.15, -0.1) is 0 Å². The maximum absolute atomic E-state index is 11.8. The molecule has 2 aromatic rings. The number of fused-ring (bicyclic) bond motifs is 1. The minimum Gasteiger partial charge on any atom is -0.352 e. The summed E-state index contributed by atoms with van der Waals surface area (Å²) in [4.78, 5) is 16.0. The topological polar surface area (TPSA) is 46.4 Å². The van der Waals surface area contributed by atoms with Gasteiger partial charge < -0.3 is 9.72 Å². The highest BCUT2D eigenvalue weighted by Crippen LogP contribution is 2.05. The standard InChI is InChI=1S/C13H17N3O/c1-10(2)5-6-15-13(17)11-3-4-12-14-7-8-16(12)9-11/h3-4,7-10H,5-6H2,1-2H3,(H,15,17). The SMILES string of the molecule is CC(C)CCNC(=O)c1ccc2nccn2c1. The third-order valence-corrected chi connectivity index (χ3v) is 2.66. The minimum absolute atomic E-state index is 0.0266. The summed E-state index contributed by atoms with van der Waals surface area (Å²) in [7, 11) is 0. The Hall–Kier alpha value is -1.84. The van der Waals surface area contributed by atoms with Crippen molar-refractivity contribution < 1.29 is 4.79 Å². The third-order valence-electron chi connectivity index (χ3n) is 2.66. The molecule has 2 heterocycles. The number of nitrogens with one attached hydrogen (secondary N) is 1. The highest BCUT2D eigenvalue weighted by molar-refractivity contribution is 5.94. The van der Waals surface area contributed by atoms with Gasteiger partial charge in [0.2, 0.25) is 0 Å². The smallest absolute Gasteiger partial charge is 0.252 e. The van der Waals surface area contributed by atoms with Gasteiger partial charge in [0.1, 0.15) is 5.65 Å². The summed E-state index contributed by atoms with van der Waals surface area (Å²) in [5.41, 5.74) is 1.52. The van der Waals surface area contributed by atoms with Crippen molar-refractivity contribution in [3.05, 3.63) is 36.3 Å². The molecule has 0 saturated carbocycles. The van der Waals surface area contributed by atoms with Crippen molar-refractivity contribution in [3.63, 3.8) is 0 Å². The highest BCUT2D eigenvalue weighted by Gasteiger charge is 2.06. The summed E-state index contributed by atoms with van der Waals surface area (Å²) in [6, 6.07) is 3.64. The molecule has 0 unspecified atom stereocenters. The van der Waals surface area contributed by atoms with Gasteiger partial charge in [0.25, 0.3) is 5.91 Å². The van der Waals surface area contributed by atoms with Crippen LogP contribution in [0.5, 0.6) is 0 Å². The lowest BCUT2D eigenvalue weighted by molar-refractivity contribution is 0.0951. The summed E-state index contributed by atoms with van der Waals surface area (Å²) in [5, 5.41) is 2.91. The zero-order valence-electron chi connectivity index (χ0n) is 10.2. The fraction of sp³-hybridized carbons (Fsp3) is 0.385. The van der Waals surface area contributed by atoms with Crippen molar-refractivity contribution in [3.8, 4) is 0 Å². The number of hydrogen-bond donors (Lipinski definition) is 1. The second-order valence-corrected chi connectivity index (χ2v) is 4.55. The van der Waals surface area contributed by atoms with Crippen molar-refractivity contribution in [2.45, 2.75) is 20.3 Å². The molecule has 0 radical (unpaired) electrons. The van der Waals surface area contributed by atoms with E-state index in [1.165, 1.54) is 0 Å². The van der Waals surface area contributed by atoms with Crippen molar-refractivity contribution >= 4 is 11.6 Å². The lowest BCUT2D eigenvalue weighted by Crippen LogP contribution is -2.25. The van der Waals surface area contributed by atoms with Gasteiger partial charge in [-0.3, -0.25) is 4.79 Å². The maximum Gasteiger partial charge on any atom is 0.252 e. The molecule has 17 heavy (non-hydrogen) atoms. The van der Waals surface area contributed by atoms with Crippen LogP contribution in [0.3, 0.4) is 0 Å². The monoisotopic (exact) mass is 231 g/mol. The van der Waals surface area contributed by atoms with E-state index in [-0.39, 0.29) is 5.91 Å². The first kappa shape index (κ1) is 11.6. The molecule has 0 fully saturated rings. The average Bonchev–Trinajstić information content (AvgIpc) is 2.75. The molecule has 4 nitrogen and oxygen atoms in total. The quantitative estimate of drug-likeness (QED) is 0.876. The van der Waals surface area contributed by atoms with E-state index < -0.39 is 0 Å². The van der Waals surface area contributed by atoms with Gasteiger partial charge in [-0.25, -0.2) is 4.98 Å². The molecule has 0 saturated heterocycles. The zero-order valence-corrected chi connectivity index (χ0v) is 10.2. The molecule has 2 aromatic heterocycles. The molecule has 0 spiro atoms. The molecular weight excluding hydrogens is 214 g/mol. The molecule has 0 atom stereocenters. The molecule has 0 aliphatic carbocycles. The van der Waals surface area contributed by atoms with Gasteiger partial charge in [0, 0.05) is 25.1 Å². The van der Waals surface area contributed by atoms with Crippen molar-refractivity contribution in [1.82, 2.24) is 14.7 Å². The molecular formula is C13H17N3O. The molecule has 0 bridgehead atoms. The van der Waals surface area contributed by atoms with Crippen LogP contribution in [0, 0.1) is 5.92 Å². The number of hydrogen-bond acceptors (Lipinski definition) is 2. The Labute approximate surface area is 101 Å². The summed E-state index contributed by atoms with van der Waals surface area (Å²) in [5.74, 6) is 0.577. The van der Waals surface area contributed by atoms with E-state index >= 15 is 0 Å². The molecule has 1 amide bonds. The lowest BCUT2D eigenvalue weighted by atomic mass is 10.1. The zero-order chi connectivity index (χ0) is 12.3. The van der Waals surface area contributed by atoms with Gasteiger partial charge in [0.15, 0.2) is 0 Å². The number of pyridine rings is 1. The van der Waals surface area contributed by atoms with Crippen molar-refractivity contribution in [2.75, 3.05) is 6.54 Å². The first-order chi connectivity index (χ1) is 8.16. The number of nitrogens with zero attached hydrogens (tertiary/aromatic N) is 2. The van der Waals surface area contributed by atoms with Crippen LogP contribution >= 0.6 is 0 Å². The predicted molar refractivity (Wildman–Crippen MR) is 67.0 cm³/mol. The Bertz CT molecular complexity index is 516. The van der Waals surface area contributed by atoms with E-state index in [2.05, 4.69) is 24.1 Å². The maximum atomic E-state index is 11.8. The first-order valence-electron chi connectivity index (χ1n) is 5.88. The van der Waals surface area contributed by atoms with Crippen LogP contribution in [0.1, 0.15) is 30.6 Å². The second-order valence-electron chi connectivity index (χ2n) is 4.55. The molecule has 4 heteroatoms. The molecule has 0 aromatic carbocycles. The van der Waals surface area contributed by atoms with Gasteiger partial charge in [-0.05, 0) is 24.5 Å². The second kappa shape index (κ2) is 4.99. The van der Waals surface area contributed by atoms with Crippen LogP contribution in [0.25, 0.3) is 5.65 Å². The Kier molecular flexibility index (Phi) is 3.42. The number of imidazole rings is 1. The third kappa shape index (κ3) is 2.84. The summed E-state index contributed by atoms with van der Waals surface area (Å²) >= 11 is 0. The average molecular weight is 231 g/mol. The van der Waals surface area contributed by atoms with E-state index in [0.29, 0.717) is 11.5 Å². The Morgan fingerprint density at radius 1 is 1.47 bits per heavy atom. The molecule has 0 aliphatic heterocycles. The summed E-state index contributed by atoms with van der Waals surface area (Å²) < 4.78 is 1.84. The van der Waals surface area contributed by atoms with E-state index in [1.54, 1.807) is 18.5 Å². The minimum atomic E-state index is -0.0266. The molecule has 2 rings (SSSR count). The van der Waals surface area contributed by atoms with Gasteiger partial charge in [-0.1, -0.05) is 13.8 Å². The molecule has 0 aliphatic rings. The normalized spacial score (nSPS) is 11.0. The Morgan fingerprint density at radius 2 is 2.29 bits per heavy atom. The highest BCUT2D eigenvalue weighted by atomic mass is 16.1. The Balaban J connectivity index is 2.03. The molecule has 90 valence electrons. The molecule has 1 N–H and O–H groups in total. The predicted octanol–water partition coefficient (Wildman–Crippen LogP) is 2.11. The number of aromatic nitrogens is 2.